The summed E-state index contributed by atoms with van der Waals surface area (Å²) in [5.41, 5.74) is 0.863. The number of carbonyl (C=O) groups is 1. The summed E-state index contributed by atoms with van der Waals surface area (Å²) in [6, 6.07) is 2.76. The molecule has 1 aromatic rings. The molecule has 2 atom stereocenters. The quantitative estimate of drug-likeness (QED) is 0.879. The van der Waals surface area contributed by atoms with E-state index in [-0.39, 0.29) is 5.69 Å². The van der Waals surface area contributed by atoms with Crippen molar-refractivity contribution in [2.24, 2.45) is 0 Å². The first kappa shape index (κ1) is 12.5. The second-order valence-electron chi connectivity index (χ2n) is 5.78. The highest BCUT2D eigenvalue weighted by Gasteiger charge is 2.39. The van der Waals surface area contributed by atoms with Gasteiger partial charge >= 0.3 is 5.97 Å². The van der Waals surface area contributed by atoms with Crippen molar-refractivity contribution in [3.63, 3.8) is 0 Å². The zero-order valence-corrected chi connectivity index (χ0v) is 11.3. The standard InChI is InChI=1S/C14H19N3O2/c1-8-5-12(14(18)19)16-13(15-8)9-6-10-3-4-11(7-9)17(10)2/h5,9-11H,3-4,6-7H2,1-2H3,(H,18,19). The molecule has 0 aromatic carbocycles. The van der Waals surface area contributed by atoms with Gasteiger partial charge in [0.1, 0.15) is 5.82 Å². The highest BCUT2D eigenvalue weighted by molar-refractivity contribution is 5.85. The van der Waals surface area contributed by atoms with Crippen molar-refractivity contribution in [2.75, 3.05) is 7.05 Å². The molecule has 0 saturated carbocycles. The van der Waals surface area contributed by atoms with E-state index < -0.39 is 5.97 Å². The second-order valence-corrected chi connectivity index (χ2v) is 5.78. The van der Waals surface area contributed by atoms with Crippen LogP contribution in [-0.4, -0.2) is 45.1 Å². The summed E-state index contributed by atoms with van der Waals surface area (Å²) in [6.07, 6.45) is 4.59. The van der Waals surface area contributed by atoms with Gasteiger partial charge in [-0.15, -0.1) is 0 Å². The van der Waals surface area contributed by atoms with E-state index in [1.807, 2.05) is 6.92 Å². The first-order valence-corrected chi connectivity index (χ1v) is 6.85. The van der Waals surface area contributed by atoms with Gasteiger partial charge in [-0.2, -0.15) is 0 Å². The summed E-state index contributed by atoms with van der Waals surface area (Å²) in [6.45, 7) is 1.83. The lowest BCUT2D eigenvalue weighted by Gasteiger charge is -2.35. The molecule has 5 nitrogen and oxygen atoms in total. The van der Waals surface area contributed by atoms with E-state index in [4.69, 9.17) is 5.11 Å². The summed E-state index contributed by atoms with van der Waals surface area (Å²) in [7, 11) is 2.19. The number of carboxylic acids is 1. The molecule has 19 heavy (non-hydrogen) atoms. The van der Waals surface area contributed by atoms with Crippen LogP contribution in [0.5, 0.6) is 0 Å². The van der Waals surface area contributed by atoms with Crippen LogP contribution in [-0.2, 0) is 0 Å². The van der Waals surface area contributed by atoms with E-state index in [1.54, 1.807) is 0 Å². The lowest BCUT2D eigenvalue weighted by atomic mass is 9.90. The van der Waals surface area contributed by atoms with Gasteiger partial charge in [0, 0.05) is 23.7 Å². The minimum Gasteiger partial charge on any atom is -0.477 e. The fourth-order valence-electron chi connectivity index (χ4n) is 3.51. The third kappa shape index (κ3) is 2.23. The third-order valence-corrected chi connectivity index (χ3v) is 4.55. The zero-order chi connectivity index (χ0) is 13.6. The molecule has 1 aromatic heterocycles. The van der Waals surface area contributed by atoms with E-state index >= 15 is 0 Å². The van der Waals surface area contributed by atoms with Crippen molar-refractivity contribution in [3.05, 3.63) is 23.3 Å². The Balaban J connectivity index is 1.89. The average Bonchev–Trinajstić information content (AvgIpc) is 2.61. The summed E-state index contributed by atoms with van der Waals surface area (Å²) in [5.74, 6) is 0.0664. The Hall–Kier alpha value is -1.49. The van der Waals surface area contributed by atoms with Gasteiger partial charge in [-0.1, -0.05) is 0 Å². The molecule has 2 saturated heterocycles. The van der Waals surface area contributed by atoms with Crippen molar-refractivity contribution < 1.29 is 9.90 Å². The monoisotopic (exact) mass is 261 g/mol. The van der Waals surface area contributed by atoms with Crippen LogP contribution in [0.4, 0.5) is 0 Å². The molecule has 2 aliphatic rings. The van der Waals surface area contributed by atoms with Crippen LogP contribution in [0, 0.1) is 6.92 Å². The topological polar surface area (TPSA) is 66.3 Å². The average molecular weight is 261 g/mol. The molecule has 3 rings (SSSR count). The number of hydrogen-bond acceptors (Lipinski definition) is 4. The van der Waals surface area contributed by atoms with Crippen LogP contribution in [0.25, 0.3) is 0 Å². The van der Waals surface area contributed by atoms with Crippen molar-refractivity contribution >= 4 is 5.97 Å². The van der Waals surface area contributed by atoms with Gasteiger partial charge in [-0.3, -0.25) is 0 Å². The Bertz CT molecular complexity index is 503. The Morgan fingerprint density at radius 3 is 2.53 bits per heavy atom. The Kier molecular flexibility index (Phi) is 3.01. The number of nitrogens with zero attached hydrogens (tertiary/aromatic N) is 3. The molecule has 2 fully saturated rings. The minimum atomic E-state index is -0.970. The summed E-state index contributed by atoms with van der Waals surface area (Å²) >= 11 is 0. The second kappa shape index (κ2) is 4.56. The molecule has 0 aliphatic carbocycles. The van der Waals surface area contributed by atoms with Crippen LogP contribution in [0.1, 0.15) is 53.6 Å². The van der Waals surface area contributed by atoms with E-state index in [0.717, 1.165) is 24.4 Å². The number of fused-ring (bicyclic) bond motifs is 2. The van der Waals surface area contributed by atoms with Gasteiger partial charge in [0.2, 0.25) is 0 Å². The van der Waals surface area contributed by atoms with Crippen molar-refractivity contribution in [2.45, 2.75) is 50.6 Å². The summed E-state index contributed by atoms with van der Waals surface area (Å²) in [4.78, 5) is 22.3. The number of aromatic carboxylic acids is 1. The first-order valence-electron chi connectivity index (χ1n) is 6.85. The Morgan fingerprint density at radius 2 is 1.95 bits per heavy atom. The minimum absolute atomic E-state index is 0.119. The molecule has 0 amide bonds. The predicted octanol–water partition coefficient (Wildman–Crippen LogP) is 1.82. The fourth-order valence-corrected chi connectivity index (χ4v) is 3.51. The van der Waals surface area contributed by atoms with Crippen LogP contribution in [0.15, 0.2) is 6.07 Å². The summed E-state index contributed by atoms with van der Waals surface area (Å²) < 4.78 is 0. The SMILES string of the molecule is Cc1cc(C(=O)O)nc(C2CC3CCC(C2)N3C)n1. The van der Waals surface area contributed by atoms with Crippen LogP contribution >= 0.6 is 0 Å². The van der Waals surface area contributed by atoms with Crippen molar-refractivity contribution in [1.82, 2.24) is 14.9 Å². The highest BCUT2D eigenvalue weighted by atomic mass is 16.4. The van der Waals surface area contributed by atoms with Gasteiger partial charge in [-0.05, 0) is 45.7 Å². The maximum absolute atomic E-state index is 11.1. The molecule has 1 N–H and O–H groups in total. The third-order valence-electron chi connectivity index (χ3n) is 4.55. The zero-order valence-electron chi connectivity index (χ0n) is 11.3. The number of carboxylic acid groups (broad SMARTS) is 1. The molecule has 2 aliphatic heterocycles. The van der Waals surface area contributed by atoms with E-state index in [0.29, 0.717) is 18.0 Å². The maximum atomic E-state index is 11.1. The number of aromatic nitrogens is 2. The van der Waals surface area contributed by atoms with Gasteiger partial charge in [-0.25, -0.2) is 14.8 Å². The van der Waals surface area contributed by atoms with E-state index in [9.17, 15) is 4.79 Å². The van der Waals surface area contributed by atoms with Crippen LogP contribution in [0.2, 0.25) is 0 Å². The molecular weight excluding hydrogens is 242 g/mol. The highest BCUT2D eigenvalue weighted by Crippen LogP contribution is 2.41. The first-order chi connectivity index (χ1) is 9.04. The van der Waals surface area contributed by atoms with E-state index in [2.05, 4.69) is 21.9 Å². The molecule has 0 radical (unpaired) electrons. The molecule has 3 heterocycles. The predicted molar refractivity (Wildman–Crippen MR) is 70.3 cm³/mol. The number of aryl methyl sites for hydroxylation is 1. The van der Waals surface area contributed by atoms with Crippen molar-refractivity contribution in [3.8, 4) is 0 Å². The van der Waals surface area contributed by atoms with E-state index in [1.165, 1.54) is 18.9 Å². The Labute approximate surface area is 112 Å². The van der Waals surface area contributed by atoms with Gasteiger partial charge < -0.3 is 10.0 Å². The van der Waals surface area contributed by atoms with Crippen LogP contribution in [0.3, 0.4) is 0 Å². The number of rotatable bonds is 2. The lowest BCUT2D eigenvalue weighted by Crippen LogP contribution is -2.39. The molecular formula is C14H19N3O2. The lowest BCUT2D eigenvalue weighted by molar-refractivity contribution is 0.0689. The number of hydrogen-bond donors (Lipinski definition) is 1. The smallest absolute Gasteiger partial charge is 0.354 e. The maximum Gasteiger partial charge on any atom is 0.354 e. The molecule has 102 valence electrons. The molecule has 0 spiro atoms. The molecule has 2 bridgehead atoms. The Morgan fingerprint density at radius 1 is 1.32 bits per heavy atom. The summed E-state index contributed by atoms with van der Waals surface area (Å²) in [5, 5.41) is 9.09. The van der Waals surface area contributed by atoms with Crippen molar-refractivity contribution in [1.29, 1.82) is 0 Å². The van der Waals surface area contributed by atoms with Crippen LogP contribution < -0.4 is 0 Å². The van der Waals surface area contributed by atoms with Gasteiger partial charge in [0.05, 0.1) is 0 Å². The van der Waals surface area contributed by atoms with Gasteiger partial charge in [0.25, 0.3) is 0 Å². The molecule has 5 heteroatoms. The molecule has 2 unspecified atom stereocenters. The largest absolute Gasteiger partial charge is 0.477 e. The number of piperidine rings is 1. The normalized spacial score (nSPS) is 30.5. The van der Waals surface area contributed by atoms with Gasteiger partial charge in [0.15, 0.2) is 5.69 Å². The fraction of sp³-hybridized carbons (Fsp3) is 0.643.